The standard InChI is InChI=1S/C18H24N4O3/c1-21-13-19-20-17(21)10-18(23)5-2-6-22(12-18)11-14-3-4-15-16(9-14)25-8-7-24-15/h3-4,9,13,23H,2,5-8,10-12H2,1H3. The number of nitrogens with zero attached hydrogens (tertiary/aromatic N) is 4. The van der Waals surface area contributed by atoms with E-state index in [4.69, 9.17) is 9.47 Å². The van der Waals surface area contributed by atoms with Gasteiger partial charge < -0.3 is 19.1 Å². The number of fused-ring (bicyclic) bond motifs is 1. The third kappa shape index (κ3) is 3.62. The Bertz CT molecular complexity index is 748. The molecule has 1 unspecified atom stereocenters. The van der Waals surface area contributed by atoms with E-state index in [-0.39, 0.29) is 0 Å². The lowest BCUT2D eigenvalue weighted by Gasteiger charge is -2.39. The molecule has 1 fully saturated rings. The van der Waals surface area contributed by atoms with Crippen LogP contribution in [0, 0.1) is 0 Å². The summed E-state index contributed by atoms with van der Waals surface area (Å²) in [5, 5.41) is 19.1. The number of aromatic nitrogens is 3. The maximum absolute atomic E-state index is 11.0. The fourth-order valence-electron chi connectivity index (χ4n) is 3.69. The predicted molar refractivity (Wildman–Crippen MR) is 91.6 cm³/mol. The number of piperidine rings is 1. The molecule has 2 aliphatic rings. The number of benzene rings is 1. The van der Waals surface area contributed by atoms with E-state index in [9.17, 15) is 5.11 Å². The highest BCUT2D eigenvalue weighted by Crippen LogP contribution is 2.32. The second-order valence-corrected chi connectivity index (χ2v) is 7.05. The van der Waals surface area contributed by atoms with Crippen LogP contribution in [0.4, 0.5) is 0 Å². The molecule has 0 radical (unpaired) electrons. The third-order valence-corrected chi connectivity index (χ3v) is 4.94. The van der Waals surface area contributed by atoms with Crippen molar-refractivity contribution in [1.29, 1.82) is 0 Å². The fourth-order valence-corrected chi connectivity index (χ4v) is 3.69. The van der Waals surface area contributed by atoms with Gasteiger partial charge in [0.25, 0.3) is 0 Å². The van der Waals surface area contributed by atoms with Gasteiger partial charge >= 0.3 is 0 Å². The van der Waals surface area contributed by atoms with Crippen LogP contribution in [-0.2, 0) is 20.0 Å². The second kappa shape index (κ2) is 6.65. The Labute approximate surface area is 147 Å². The molecule has 7 heteroatoms. The first-order valence-electron chi connectivity index (χ1n) is 8.77. The van der Waals surface area contributed by atoms with Gasteiger partial charge in [0.05, 0.1) is 5.60 Å². The van der Waals surface area contributed by atoms with E-state index in [1.165, 1.54) is 5.56 Å². The van der Waals surface area contributed by atoms with Gasteiger partial charge in [-0.1, -0.05) is 6.07 Å². The van der Waals surface area contributed by atoms with Crippen LogP contribution in [0.5, 0.6) is 11.5 Å². The molecule has 0 spiro atoms. The van der Waals surface area contributed by atoms with Gasteiger partial charge in [0.2, 0.25) is 0 Å². The van der Waals surface area contributed by atoms with E-state index in [0.717, 1.165) is 43.3 Å². The molecular formula is C18H24N4O3. The SMILES string of the molecule is Cn1cnnc1CC1(O)CCCN(Cc2ccc3c(c2)OCCO3)C1. The Morgan fingerprint density at radius 1 is 1.24 bits per heavy atom. The van der Waals surface area contributed by atoms with Gasteiger partial charge in [0, 0.05) is 26.6 Å². The van der Waals surface area contributed by atoms with E-state index < -0.39 is 5.60 Å². The lowest BCUT2D eigenvalue weighted by Crippen LogP contribution is -2.49. The molecule has 2 aliphatic heterocycles. The minimum Gasteiger partial charge on any atom is -0.486 e. The first kappa shape index (κ1) is 16.4. The number of likely N-dealkylation sites (tertiary alicyclic amines) is 1. The summed E-state index contributed by atoms with van der Waals surface area (Å²) < 4.78 is 13.1. The van der Waals surface area contributed by atoms with Crippen molar-refractivity contribution in [3.8, 4) is 11.5 Å². The van der Waals surface area contributed by atoms with Gasteiger partial charge in [-0.25, -0.2) is 0 Å². The van der Waals surface area contributed by atoms with Crippen LogP contribution in [-0.4, -0.2) is 56.7 Å². The molecule has 1 saturated heterocycles. The zero-order valence-corrected chi connectivity index (χ0v) is 14.5. The first-order chi connectivity index (χ1) is 12.1. The Morgan fingerprint density at radius 3 is 2.88 bits per heavy atom. The molecule has 0 saturated carbocycles. The smallest absolute Gasteiger partial charge is 0.161 e. The summed E-state index contributed by atoms with van der Waals surface area (Å²) in [6, 6.07) is 6.09. The number of β-amino-alcohol motifs (C(OH)–C–C–N with tert-alkyl or cyclic N) is 1. The minimum atomic E-state index is -0.757. The van der Waals surface area contributed by atoms with Crippen LogP contribution in [0.3, 0.4) is 0 Å². The highest BCUT2D eigenvalue weighted by Gasteiger charge is 2.34. The van der Waals surface area contributed by atoms with Crippen molar-refractivity contribution >= 4 is 0 Å². The van der Waals surface area contributed by atoms with E-state index in [2.05, 4.69) is 21.2 Å². The molecule has 7 nitrogen and oxygen atoms in total. The maximum atomic E-state index is 11.0. The summed E-state index contributed by atoms with van der Waals surface area (Å²) in [6.07, 6.45) is 3.96. The van der Waals surface area contributed by atoms with Crippen molar-refractivity contribution in [1.82, 2.24) is 19.7 Å². The third-order valence-electron chi connectivity index (χ3n) is 4.94. The number of ether oxygens (including phenoxy) is 2. The lowest BCUT2D eigenvalue weighted by atomic mass is 9.89. The van der Waals surface area contributed by atoms with Gasteiger partial charge in [0.1, 0.15) is 25.4 Å². The molecule has 0 bridgehead atoms. The van der Waals surface area contributed by atoms with E-state index in [0.29, 0.717) is 26.2 Å². The molecule has 1 atom stereocenters. The zero-order chi connectivity index (χ0) is 17.3. The molecular weight excluding hydrogens is 320 g/mol. The average Bonchev–Trinajstić information content (AvgIpc) is 2.99. The van der Waals surface area contributed by atoms with Crippen LogP contribution in [0.1, 0.15) is 24.2 Å². The number of hydrogen-bond acceptors (Lipinski definition) is 6. The summed E-state index contributed by atoms with van der Waals surface area (Å²) in [7, 11) is 1.91. The molecule has 25 heavy (non-hydrogen) atoms. The molecule has 4 rings (SSSR count). The van der Waals surface area contributed by atoms with Gasteiger partial charge in [-0.15, -0.1) is 10.2 Å². The zero-order valence-electron chi connectivity index (χ0n) is 14.5. The van der Waals surface area contributed by atoms with E-state index in [1.54, 1.807) is 6.33 Å². The summed E-state index contributed by atoms with van der Waals surface area (Å²) in [5.41, 5.74) is 0.416. The lowest BCUT2D eigenvalue weighted by molar-refractivity contribution is -0.0345. The number of rotatable bonds is 4. The highest BCUT2D eigenvalue weighted by atomic mass is 16.6. The normalized spacial score (nSPS) is 23.6. The molecule has 3 heterocycles. The number of aryl methyl sites for hydroxylation is 1. The molecule has 1 aromatic heterocycles. The highest BCUT2D eigenvalue weighted by molar-refractivity contribution is 5.43. The average molecular weight is 344 g/mol. The van der Waals surface area contributed by atoms with Crippen molar-refractivity contribution < 1.29 is 14.6 Å². The quantitative estimate of drug-likeness (QED) is 0.897. The Hall–Kier alpha value is -2.12. The van der Waals surface area contributed by atoms with Crippen molar-refractivity contribution in [2.75, 3.05) is 26.3 Å². The van der Waals surface area contributed by atoms with Gasteiger partial charge in [-0.3, -0.25) is 4.90 Å². The number of hydrogen-bond donors (Lipinski definition) is 1. The molecule has 0 amide bonds. The van der Waals surface area contributed by atoms with Crippen molar-refractivity contribution in [2.45, 2.75) is 31.4 Å². The molecule has 1 N–H and O–H groups in total. The Kier molecular flexibility index (Phi) is 4.35. The second-order valence-electron chi connectivity index (χ2n) is 7.05. The van der Waals surface area contributed by atoms with Crippen LogP contribution in [0.15, 0.2) is 24.5 Å². The molecule has 2 aromatic rings. The van der Waals surface area contributed by atoms with Crippen molar-refractivity contribution in [2.24, 2.45) is 7.05 Å². The van der Waals surface area contributed by atoms with Gasteiger partial charge in [0.15, 0.2) is 11.5 Å². The molecule has 0 aliphatic carbocycles. The van der Waals surface area contributed by atoms with Gasteiger partial charge in [-0.05, 0) is 37.1 Å². The maximum Gasteiger partial charge on any atom is 0.161 e. The van der Waals surface area contributed by atoms with E-state index in [1.807, 2.05) is 23.7 Å². The van der Waals surface area contributed by atoms with Crippen molar-refractivity contribution in [3.05, 3.63) is 35.9 Å². The minimum absolute atomic E-state index is 0.529. The summed E-state index contributed by atoms with van der Waals surface area (Å²) >= 11 is 0. The summed E-state index contributed by atoms with van der Waals surface area (Å²) in [4.78, 5) is 2.30. The molecule has 134 valence electrons. The Morgan fingerprint density at radius 2 is 2.08 bits per heavy atom. The fraction of sp³-hybridized carbons (Fsp3) is 0.556. The molecule has 1 aromatic carbocycles. The largest absolute Gasteiger partial charge is 0.486 e. The van der Waals surface area contributed by atoms with Crippen LogP contribution >= 0.6 is 0 Å². The summed E-state index contributed by atoms with van der Waals surface area (Å²) in [6.45, 7) is 3.60. The first-order valence-corrected chi connectivity index (χ1v) is 8.77. The number of aliphatic hydroxyl groups is 1. The van der Waals surface area contributed by atoms with Crippen LogP contribution < -0.4 is 9.47 Å². The van der Waals surface area contributed by atoms with E-state index >= 15 is 0 Å². The van der Waals surface area contributed by atoms with Gasteiger partial charge in [-0.2, -0.15) is 0 Å². The predicted octanol–water partition coefficient (Wildman–Crippen LogP) is 1.16. The van der Waals surface area contributed by atoms with Crippen molar-refractivity contribution in [3.63, 3.8) is 0 Å². The summed E-state index contributed by atoms with van der Waals surface area (Å²) in [5.74, 6) is 2.45. The van der Waals surface area contributed by atoms with Crippen LogP contribution in [0.2, 0.25) is 0 Å². The Balaban J connectivity index is 1.43. The van der Waals surface area contributed by atoms with Crippen LogP contribution in [0.25, 0.3) is 0 Å². The topological polar surface area (TPSA) is 72.6 Å². The monoisotopic (exact) mass is 344 g/mol.